The van der Waals surface area contributed by atoms with Crippen molar-refractivity contribution in [1.29, 1.82) is 0 Å². The van der Waals surface area contributed by atoms with Crippen molar-refractivity contribution < 1.29 is 25.8 Å². The molecule has 2 aromatic heterocycles. The molecule has 0 atom stereocenters. The van der Waals surface area contributed by atoms with Gasteiger partial charge in [0.1, 0.15) is 5.82 Å². The van der Waals surface area contributed by atoms with Crippen LogP contribution in [0.1, 0.15) is 144 Å². The zero-order chi connectivity index (χ0) is 55.0. The van der Waals surface area contributed by atoms with E-state index in [1.54, 1.807) is 0 Å². The molecule has 0 radical (unpaired) electrons. The van der Waals surface area contributed by atoms with Gasteiger partial charge in [0.05, 0.1) is 0 Å². The second-order valence-electron chi connectivity index (χ2n) is 26.4. The van der Waals surface area contributed by atoms with Crippen LogP contribution in [0, 0.1) is 18.8 Å². The Morgan fingerprint density at radius 2 is 0.962 bits per heavy atom. The number of fused-ring (bicyclic) bond motifs is 3. The largest absolute Gasteiger partial charge is 0.509 e. The molecule has 9 aromatic rings. The Balaban J connectivity index is 0.00000740. The predicted molar refractivity (Wildman–Crippen MR) is 325 cm³/mol. The van der Waals surface area contributed by atoms with Crippen molar-refractivity contribution in [2.75, 3.05) is 9.80 Å². The van der Waals surface area contributed by atoms with Crippen molar-refractivity contribution in [3.63, 3.8) is 0 Å². The maximum atomic E-state index is 7.32. The maximum Gasteiger partial charge on any atom is 0.135 e. The van der Waals surface area contributed by atoms with Crippen LogP contribution in [-0.4, -0.2) is 9.55 Å². The number of hydrogen-bond donors (Lipinski definition) is 0. The van der Waals surface area contributed by atoms with Crippen molar-refractivity contribution >= 4 is 33.2 Å². The molecule has 0 aliphatic carbocycles. The van der Waals surface area contributed by atoms with Gasteiger partial charge in [-0.2, -0.15) is 0 Å². The molecule has 0 amide bonds. The minimum atomic E-state index is -0.522. The molecule has 78 heavy (non-hydrogen) atoms. The summed E-state index contributed by atoms with van der Waals surface area (Å²) in [4.78, 5) is 9.93. The zero-order valence-corrected chi connectivity index (χ0v) is 51.0. The number of aromatic nitrogens is 2. The number of ether oxygens (including phenoxy) is 1. The molecule has 10 rings (SSSR count). The van der Waals surface area contributed by atoms with E-state index < -0.39 is 10.8 Å². The van der Waals surface area contributed by atoms with Crippen LogP contribution in [0.2, 0.25) is 0 Å². The summed E-state index contributed by atoms with van der Waals surface area (Å²) in [5, 5.41) is 2.30. The van der Waals surface area contributed by atoms with E-state index in [9.17, 15) is 0 Å². The van der Waals surface area contributed by atoms with Gasteiger partial charge < -0.3 is 19.1 Å². The summed E-state index contributed by atoms with van der Waals surface area (Å²) in [6, 6.07) is 67.2. The quantitative estimate of drug-likeness (QED) is 0.128. The van der Waals surface area contributed by atoms with E-state index in [1.807, 2.05) is 6.20 Å². The summed E-state index contributed by atoms with van der Waals surface area (Å²) in [5.41, 5.74) is 14.3. The van der Waals surface area contributed by atoms with E-state index in [4.69, 9.17) is 9.72 Å². The Labute approximate surface area is 480 Å². The molecule has 0 bridgehead atoms. The third-order valence-corrected chi connectivity index (χ3v) is 15.8. The van der Waals surface area contributed by atoms with Gasteiger partial charge in [-0.1, -0.05) is 237 Å². The third kappa shape index (κ3) is 10.6. The third-order valence-electron chi connectivity index (χ3n) is 15.8. The topological polar surface area (TPSA) is 33.5 Å². The molecule has 404 valence electrons. The van der Waals surface area contributed by atoms with Crippen LogP contribution in [0.25, 0.3) is 38.8 Å². The summed E-state index contributed by atoms with van der Waals surface area (Å²) in [6.07, 6.45) is 1.93. The SMILES string of the molecule is CC(C)(C)c1cc(N2[CH-]N(c3[c-]c(Oc4[c-]c5c(c(C(C)(C)C)c4)c4ccccc4n5-c4cc(C(C)(C)C)ccn4)cc(-c4ccccc4)c3)C(C(C)(C)c3ccccc3)=C2C(C)(C)c2ccccc2)cc(C(C)(C)C)c1.[Pt]. The van der Waals surface area contributed by atoms with Crippen molar-refractivity contribution in [2.45, 2.75) is 143 Å². The number of hydrogen-bond acceptors (Lipinski definition) is 4. The maximum absolute atomic E-state index is 7.32. The molecule has 0 fully saturated rings. The van der Waals surface area contributed by atoms with Crippen LogP contribution in [0.3, 0.4) is 0 Å². The van der Waals surface area contributed by atoms with Crippen molar-refractivity contribution in [3.8, 4) is 28.4 Å². The van der Waals surface area contributed by atoms with E-state index in [0.717, 1.165) is 55.8 Å². The van der Waals surface area contributed by atoms with Gasteiger partial charge in [-0.25, -0.2) is 4.98 Å². The van der Waals surface area contributed by atoms with Crippen LogP contribution >= 0.6 is 0 Å². The minimum absolute atomic E-state index is 0. The number of nitrogens with zero attached hydrogens (tertiary/aromatic N) is 4. The Morgan fingerprint density at radius 3 is 1.51 bits per heavy atom. The molecule has 6 heteroatoms. The molecular weight excluding hydrogens is 1130 g/mol. The number of para-hydroxylation sites is 1. The molecule has 1 aliphatic heterocycles. The van der Waals surface area contributed by atoms with Gasteiger partial charge in [0.25, 0.3) is 0 Å². The van der Waals surface area contributed by atoms with E-state index in [2.05, 4.69) is 308 Å². The number of pyridine rings is 1. The average molecular weight is 1210 g/mol. The van der Waals surface area contributed by atoms with Crippen LogP contribution < -0.4 is 14.5 Å². The molecular formula is C72H77N4OPt-3. The first-order valence-electron chi connectivity index (χ1n) is 27.4. The summed E-state index contributed by atoms with van der Waals surface area (Å²) in [5.74, 6) is 2.05. The minimum Gasteiger partial charge on any atom is -0.509 e. The number of anilines is 2. The fraction of sp³-hybridized carbons (Fsp3) is 0.306. The average Bonchev–Trinajstić information content (AvgIpc) is 4.02. The van der Waals surface area contributed by atoms with Crippen LogP contribution in [0.5, 0.6) is 11.5 Å². The Hall–Kier alpha value is -6.68. The van der Waals surface area contributed by atoms with E-state index >= 15 is 0 Å². The smallest absolute Gasteiger partial charge is 0.135 e. The van der Waals surface area contributed by atoms with Crippen LogP contribution in [0.4, 0.5) is 11.4 Å². The summed E-state index contributed by atoms with van der Waals surface area (Å²) in [6.45, 7) is 39.3. The molecule has 0 saturated heterocycles. The molecule has 0 saturated carbocycles. The Kier molecular flexibility index (Phi) is 14.7. The van der Waals surface area contributed by atoms with Crippen molar-refractivity contribution in [1.82, 2.24) is 9.55 Å². The summed E-state index contributed by atoms with van der Waals surface area (Å²) >= 11 is 0. The molecule has 3 heterocycles. The molecule has 0 N–H and O–H groups in total. The summed E-state index contributed by atoms with van der Waals surface area (Å²) < 4.78 is 9.59. The molecule has 0 spiro atoms. The molecule has 1 aliphatic rings. The van der Waals surface area contributed by atoms with E-state index in [-0.39, 0.29) is 42.7 Å². The number of benzene rings is 7. The predicted octanol–water partition coefficient (Wildman–Crippen LogP) is 19.0. The second kappa shape index (κ2) is 20.5. The van der Waals surface area contributed by atoms with E-state index in [1.165, 1.54) is 39.1 Å². The normalized spacial score (nSPS) is 13.9. The first-order chi connectivity index (χ1) is 36.2. The van der Waals surface area contributed by atoms with Crippen molar-refractivity contribution in [2.24, 2.45) is 0 Å². The molecule has 5 nitrogen and oxygen atoms in total. The van der Waals surface area contributed by atoms with Crippen LogP contribution in [-0.2, 0) is 53.6 Å². The van der Waals surface area contributed by atoms with Gasteiger partial charge >= 0.3 is 0 Å². The van der Waals surface area contributed by atoms with Gasteiger partial charge in [-0.05, 0) is 90.8 Å². The van der Waals surface area contributed by atoms with Gasteiger partial charge in [0.15, 0.2) is 0 Å². The fourth-order valence-corrected chi connectivity index (χ4v) is 11.1. The standard InChI is InChI=1S/C72H77N4O.Pt/c1-67(2,3)52-36-37-73-63(43-52)76-61-35-27-26-34-59(61)64-60(70(10,11)12)45-58(46-62(64)76)77-57-39-49(48-28-20-17-21-29-48)38-55(44-57)74-47-75(56-41-53(68(4,5)6)40-54(42-56)69(7,8)9)66(72(15,16)51-32-24-19-25-33-51)65(74)71(13,14)50-30-22-18-23-31-50;/h17-43,45,47H,1-16H3;/q-3;. The van der Waals surface area contributed by atoms with Gasteiger partial charge in [0, 0.05) is 72.2 Å². The Bertz CT molecular complexity index is 3640. The van der Waals surface area contributed by atoms with Crippen LogP contribution in [0.15, 0.2) is 181 Å². The first kappa shape index (κ1) is 56.1. The number of rotatable bonds is 10. The monoisotopic (exact) mass is 1210 g/mol. The van der Waals surface area contributed by atoms with Gasteiger partial charge in [-0.3, -0.25) is 0 Å². The second-order valence-corrected chi connectivity index (χ2v) is 26.4. The number of allylic oxidation sites excluding steroid dienone is 2. The fourth-order valence-electron chi connectivity index (χ4n) is 11.1. The first-order valence-corrected chi connectivity index (χ1v) is 27.4. The Morgan fingerprint density at radius 1 is 0.449 bits per heavy atom. The van der Waals surface area contributed by atoms with Gasteiger partial charge in [0.2, 0.25) is 0 Å². The summed E-state index contributed by atoms with van der Waals surface area (Å²) in [7, 11) is 0. The zero-order valence-electron chi connectivity index (χ0n) is 48.8. The molecule has 7 aromatic carbocycles. The van der Waals surface area contributed by atoms with Gasteiger partial charge in [-0.15, -0.1) is 53.8 Å². The van der Waals surface area contributed by atoms with E-state index in [0.29, 0.717) is 11.5 Å². The van der Waals surface area contributed by atoms with Crippen molar-refractivity contribution in [3.05, 3.63) is 234 Å². The molecule has 0 unspecified atom stereocenters.